The van der Waals surface area contributed by atoms with Crippen LogP contribution in [0.25, 0.3) is 0 Å². The van der Waals surface area contributed by atoms with Crippen LogP contribution in [0.5, 0.6) is 0 Å². The Morgan fingerprint density at radius 2 is 1.94 bits per heavy atom. The summed E-state index contributed by atoms with van der Waals surface area (Å²) in [5.74, 6) is 1.59. The third kappa shape index (κ3) is 3.27. The van der Waals surface area contributed by atoms with Crippen molar-refractivity contribution < 1.29 is 0 Å². The molecule has 1 heterocycles. The highest BCUT2D eigenvalue weighted by atomic mass is 79.9. The zero-order valence-corrected chi connectivity index (χ0v) is 13.1. The maximum absolute atomic E-state index is 3.68. The quantitative estimate of drug-likeness (QED) is 0.916. The third-order valence-electron chi connectivity index (χ3n) is 3.64. The Morgan fingerprint density at radius 1 is 1.28 bits per heavy atom. The summed E-state index contributed by atoms with van der Waals surface area (Å²) in [6.45, 7) is 7.98. The van der Waals surface area contributed by atoms with E-state index in [0.717, 1.165) is 18.4 Å². The topological polar surface area (TPSA) is 15.3 Å². The number of benzene rings is 1. The van der Waals surface area contributed by atoms with Crippen LogP contribution in [0.1, 0.15) is 25.8 Å². The molecule has 18 heavy (non-hydrogen) atoms. The Labute approximate surface area is 119 Å². The van der Waals surface area contributed by atoms with Gasteiger partial charge in [0.25, 0.3) is 0 Å². The normalized spacial score (nSPS) is 24.3. The van der Waals surface area contributed by atoms with E-state index in [0.29, 0.717) is 0 Å². The lowest BCUT2D eigenvalue weighted by Gasteiger charge is -2.36. The minimum atomic E-state index is 0.796. The minimum Gasteiger partial charge on any atom is -0.371 e. The average Bonchev–Trinajstić information content (AvgIpc) is 2.30. The summed E-state index contributed by atoms with van der Waals surface area (Å²) >= 11 is 3.68. The third-order valence-corrected chi connectivity index (χ3v) is 4.38. The van der Waals surface area contributed by atoms with Gasteiger partial charge in [-0.15, -0.1) is 0 Å². The standard InChI is InChI=1S/C15H23BrN2/c1-11-6-12(2)10-18(9-11)14-5-4-13(8-17-3)15(16)7-14/h4-5,7,11-12,17H,6,8-10H2,1-3H3. The molecule has 2 rings (SSSR count). The number of piperidine rings is 1. The van der Waals surface area contributed by atoms with E-state index in [1.807, 2.05) is 7.05 Å². The highest BCUT2D eigenvalue weighted by Gasteiger charge is 2.22. The maximum atomic E-state index is 3.68. The van der Waals surface area contributed by atoms with Gasteiger partial charge >= 0.3 is 0 Å². The van der Waals surface area contributed by atoms with E-state index in [9.17, 15) is 0 Å². The number of hydrogen-bond acceptors (Lipinski definition) is 2. The van der Waals surface area contributed by atoms with Gasteiger partial charge in [0, 0.05) is 29.8 Å². The van der Waals surface area contributed by atoms with Crippen molar-refractivity contribution in [3.63, 3.8) is 0 Å². The largest absolute Gasteiger partial charge is 0.371 e. The molecule has 100 valence electrons. The summed E-state index contributed by atoms with van der Waals surface area (Å²) < 4.78 is 1.21. The molecule has 0 bridgehead atoms. The molecule has 1 aromatic carbocycles. The molecule has 0 spiro atoms. The summed E-state index contributed by atoms with van der Waals surface area (Å²) in [5, 5.41) is 3.19. The molecule has 1 saturated heterocycles. The van der Waals surface area contributed by atoms with Crippen molar-refractivity contribution in [1.29, 1.82) is 0 Å². The maximum Gasteiger partial charge on any atom is 0.0377 e. The van der Waals surface area contributed by atoms with Gasteiger partial charge in [0.05, 0.1) is 0 Å². The predicted octanol–water partition coefficient (Wildman–Crippen LogP) is 3.65. The number of nitrogens with one attached hydrogen (secondary N) is 1. The van der Waals surface area contributed by atoms with Crippen molar-refractivity contribution in [2.45, 2.75) is 26.8 Å². The highest BCUT2D eigenvalue weighted by molar-refractivity contribution is 9.10. The monoisotopic (exact) mass is 310 g/mol. The summed E-state index contributed by atoms with van der Waals surface area (Å²) in [4.78, 5) is 2.52. The first kappa shape index (κ1) is 13.9. The number of rotatable bonds is 3. The van der Waals surface area contributed by atoms with E-state index >= 15 is 0 Å². The van der Waals surface area contributed by atoms with Crippen LogP contribution in [0.2, 0.25) is 0 Å². The van der Waals surface area contributed by atoms with Gasteiger partial charge in [-0.3, -0.25) is 0 Å². The summed E-state index contributed by atoms with van der Waals surface area (Å²) in [6, 6.07) is 6.74. The van der Waals surface area contributed by atoms with Gasteiger partial charge in [-0.25, -0.2) is 0 Å². The molecule has 2 unspecified atom stereocenters. The van der Waals surface area contributed by atoms with Crippen molar-refractivity contribution in [2.24, 2.45) is 11.8 Å². The van der Waals surface area contributed by atoms with Crippen LogP contribution in [0, 0.1) is 11.8 Å². The lowest BCUT2D eigenvalue weighted by molar-refractivity contribution is 0.357. The van der Waals surface area contributed by atoms with Gasteiger partial charge in [0.2, 0.25) is 0 Å². The van der Waals surface area contributed by atoms with Crippen molar-refractivity contribution >= 4 is 21.6 Å². The predicted molar refractivity (Wildman–Crippen MR) is 82.1 cm³/mol. The zero-order valence-electron chi connectivity index (χ0n) is 11.5. The first-order chi connectivity index (χ1) is 8.60. The summed E-state index contributed by atoms with van der Waals surface area (Å²) in [7, 11) is 1.98. The molecule has 2 atom stereocenters. The molecule has 1 aliphatic rings. The molecule has 0 aliphatic carbocycles. The van der Waals surface area contributed by atoms with E-state index < -0.39 is 0 Å². The molecule has 0 amide bonds. The lowest BCUT2D eigenvalue weighted by atomic mass is 9.91. The average molecular weight is 311 g/mol. The lowest BCUT2D eigenvalue weighted by Crippen LogP contribution is -2.38. The molecule has 1 aromatic rings. The van der Waals surface area contributed by atoms with Gasteiger partial charge in [-0.05, 0) is 43.0 Å². The molecular formula is C15H23BrN2. The Morgan fingerprint density at radius 3 is 2.50 bits per heavy atom. The fourth-order valence-electron chi connectivity index (χ4n) is 2.94. The Hall–Kier alpha value is -0.540. The van der Waals surface area contributed by atoms with Crippen molar-refractivity contribution in [3.8, 4) is 0 Å². The Bertz CT molecular complexity index is 395. The first-order valence-corrected chi connectivity index (χ1v) is 7.57. The van der Waals surface area contributed by atoms with Crippen LogP contribution in [-0.4, -0.2) is 20.1 Å². The molecule has 1 aliphatic heterocycles. The number of hydrogen-bond donors (Lipinski definition) is 1. The van der Waals surface area contributed by atoms with Crippen LogP contribution in [0.3, 0.4) is 0 Å². The second-order valence-corrected chi connectivity index (χ2v) is 6.51. The summed E-state index contributed by atoms with van der Waals surface area (Å²) in [6.07, 6.45) is 1.36. The molecule has 2 nitrogen and oxygen atoms in total. The van der Waals surface area contributed by atoms with Gasteiger partial charge in [-0.1, -0.05) is 35.8 Å². The molecule has 0 radical (unpaired) electrons. The second-order valence-electron chi connectivity index (χ2n) is 5.66. The smallest absolute Gasteiger partial charge is 0.0377 e. The molecule has 1 N–H and O–H groups in total. The van der Waals surface area contributed by atoms with Crippen molar-refractivity contribution in [2.75, 3.05) is 25.0 Å². The summed E-state index contributed by atoms with van der Waals surface area (Å²) in [5.41, 5.74) is 2.67. The minimum absolute atomic E-state index is 0.796. The SMILES string of the molecule is CNCc1ccc(N2CC(C)CC(C)C2)cc1Br. The van der Waals surface area contributed by atoms with Gasteiger partial charge in [0.15, 0.2) is 0 Å². The van der Waals surface area contributed by atoms with Crippen LogP contribution in [-0.2, 0) is 6.54 Å². The van der Waals surface area contributed by atoms with Crippen LogP contribution in [0.15, 0.2) is 22.7 Å². The van der Waals surface area contributed by atoms with E-state index in [1.165, 1.54) is 35.2 Å². The van der Waals surface area contributed by atoms with Crippen LogP contribution < -0.4 is 10.2 Å². The fraction of sp³-hybridized carbons (Fsp3) is 0.600. The van der Waals surface area contributed by atoms with Crippen LogP contribution in [0.4, 0.5) is 5.69 Å². The molecule has 0 saturated carbocycles. The molecule has 0 aromatic heterocycles. The molecular weight excluding hydrogens is 288 g/mol. The fourth-order valence-corrected chi connectivity index (χ4v) is 3.45. The van der Waals surface area contributed by atoms with Crippen molar-refractivity contribution in [1.82, 2.24) is 5.32 Å². The van der Waals surface area contributed by atoms with E-state index in [-0.39, 0.29) is 0 Å². The van der Waals surface area contributed by atoms with Gasteiger partial charge in [-0.2, -0.15) is 0 Å². The first-order valence-electron chi connectivity index (χ1n) is 6.78. The number of nitrogens with zero attached hydrogens (tertiary/aromatic N) is 1. The Balaban J connectivity index is 2.15. The zero-order chi connectivity index (χ0) is 13.1. The van der Waals surface area contributed by atoms with Crippen LogP contribution >= 0.6 is 15.9 Å². The van der Waals surface area contributed by atoms with E-state index in [1.54, 1.807) is 0 Å². The molecule has 3 heteroatoms. The van der Waals surface area contributed by atoms with E-state index in [2.05, 4.69) is 58.2 Å². The van der Waals surface area contributed by atoms with E-state index in [4.69, 9.17) is 0 Å². The number of anilines is 1. The number of halogens is 1. The molecule has 1 fully saturated rings. The van der Waals surface area contributed by atoms with Gasteiger partial charge in [0.1, 0.15) is 0 Å². The second kappa shape index (κ2) is 6.07. The van der Waals surface area contributed by atoms with Gasteiger partial charge < -0.3 is 10.2 Å². The Kier molecular flexibility index (Phi) is 4.68. The highest BCUT2D eigenvalue weighted by Crippen LogP contribution is 2.29. The van der Waals surface area contributed by atoms with Crippen molar-refractivity contribution in [3.05, 3.63) is 28.2 Å².